The largest absolute Gasteiger partial charge is 0.480 e. The van der Waals surface area contributed by atoms with Crippen molar-refractivity contribution in [3.05, 3.63) is 77.7 Å². The maximum atomic E-state index is 13.1. The predicted octanol–water partition coefficient (Wildman–Crippen LogP) is 5.44. The molecule has 2 heterocycles. The van der Waals surface area contributed by atoms with Gasteiger partial charge in [-0.25, -0.2) is 19.1 Å². The summed E-state index contributed by atoms with van der Waals surface area (Å²) in [6.07, 6.45) is 2.27. The van der Waals surface area contributed by atoms with Crippen LogP contribution in [0.4, 0.5) is 9.59 Å². The lowest BCUT2D eigenvalue weighted by Crippen LogP contribution is -2.34. The summed E-state index contributed by atoms with van der Waals surface area (Å²) in [5.74, 6) is -0.923. The zero-order valence-electron chi connectivity index (χ0n) is 24.2. The number of para-hydroxylation sites is 1. The number of carboxylic acid groups (broad SMARTS) is 1. The Morgan fingerprint density at radius 1 is 1.05 bits per heavy atom. The molecule has 12 nitrogen and oxygen atoms in total. The van der Waals surface area contributed by atoms with E-state index in [0.717, 1.165) is 17.4 Å². The fourth-order valence-electron chi connectivity index (χ4n) is 4.61. The number of alkyl carbamates (subject to hydrolysis) is 1. The van der Waals surface area contributed by atoms with Gasteiger partial charge in [-0.2, -0.15) is 0 Å². The van der Waals surface area contributed by atoms with E-state index in [9.17, 15) is 19.5 Å². The van der Waals surface area contributed by atoms with E-state index in [0.29, 0.717) is 23.9 Å². The van der Waals surface area contributed by atoms with Gasteiger partial charge in [0.05, 0.1) is 11.6 Å². The van der Waals surface area contributed by atoms with Crippen molar-refractivity contribution in [2.45, 2.75) is 77.7 Å². The molecule has 0 fully saturated rings. The van der Waals surface area contributed by atoms with Crippen LogP contribution in [0.15, 0.2) is 60.8 Å². The average molecular weight is 577 g/mol. The normalized spacial score (nSPS) is 13.0. The molecule has 4 aromatic rings. The van der Waals surface area contributed by atoms with Crippen LogP contribution < -0.4 is 5.32 Å². The molecule has 0 spiro atoms. The van der Waals surface area contributed by atoms with Crippen molar-refractivity contribution in [2.24, 2.45) is 0 Å². The Balaban J connectivity index is 1.70. The number of carboxylic acids is 1. The molecule has 2 N–H and O–H groups in total. The van der Waals surface area contributed by atoms with Crippen molar-refractivity contribution in [2.75, 3.05) is 0 Å². The van der Waals surface area contributed by atoms with Gasteiger partial charge in [0.25, 0.3) is 0 Å². The molecule has 222 valence electrons. The summed E-state index contributed by atoms with van der Waals surface area (Å²) in [7, 11) is 0. The standard InChI is InChI=1S/C30H36N6O6/c1-5-6-15-25(27(37)38)36-26(32-33-34-36)23(31-28(39)41-19-20-12-8-7-9-13-20)17-21-18-35(29(40)42-30(2,3)4)24-16-11-10-14-22(21)24/h7-14,16,18,23,25H,5-6,15,17,19H2,1-4H3,(H,31,39)(H,37,38)/t23-,25?/m0/s1. The quantitative estimate of drug-likeness (QED) is 0.238. The molecule has 0 saturated heterocycles. The van der Waals surface area contributed by atoms with E-state index in [1.54, 1.807) is 33.0 Å². The number of tetrazole rings is 1. The monoisotopic (exact) mass is 576 g/mol. The number of fused-ring (bicyclic) bond motifs is 1. The molecule has 0 saturated carbocycles. The predicted molar refractivity (Wildman–Crippen MR) is 154 cm³/mol. The van der Waals surface area contributed by atoms with Crippen molar-refractivity contribution >= 4 is 29.1 Å². The number of benzene rings is 2. The molecule has 2 atom stereocenters. The highest BCUT2D eigenvalue weighted by Gasteiger charge is 2.31. The van der Waals surface area contributed by atoms with Crippen molar-refractivity contribution in [3.8, 4) is 0 Å². The Hall–Kier alpha value is -4.74. The van der Waals surface area contributed by atoms with Crippen LogP contribution in [-0.4, -0.2) is 53.6 Å². The SMILES string of the molecule is CCCCC(C(=O)O)n1nnnc1[C@H](Cc1cn(C(=O)OC(C)(C)C)c2ccccc12)NC(=O)OCc1ccccc1. The number of nitrogens with zero attached hydrogens (tertiary/aromatic N) is 5. The number of hydrogen-bond donors (Lipinski definition) is 2. The zero-order chi connectivity index (χ0) is 30.3. The number of nitrogens with one attached hydrogen (secondary N) is 1. The van der Waals surface area contributed by atoms with E-state index >= 15 is 0 Å². The minimum absolute atomic E-state index is 0.0382. The average Bonchev–Trinajstić information content (AvgIpc) is 3.57. The maximum absolute atomic E-state index is 13.1. The summed E-state index contributed by atoms with van der Waals surface area (Å²) in [5.41, 5.74) is 1.42. The van der Waals surface area contributed by atoms with E-state index < -0.39 is 35.8 Å². The van der Waals surface area contributed by atoms with Crippen molar-refractivity contribution in [3.63, 3.8) is 0 Å². The van der Waals surface area contributed by atoms with E-state index in [-0.39, 0.29) is 18.9 Å². The first-order chi connectivity index (χ1) is 20.1. The van der Waals surface area contributed by atoms with Gasteiger partial charge in [-0.05, 0) is 54.8 Å². The summed E-state index contributed by atoms with van der Waals surface area (Å²) in [6, 6.07) is 14.6. The third-order valence-electron chi connectivity index (χ3n) is 6.55. The third kappa shape index (κ3) is 7.50. The first kappa shape index (κ1) is 30.2. The third-order valence-corrected chi connectivity index (χ3v) is 6.55. The van der Waals surface area contributed by atoms with Gasteiger partial charge in [-0.15, -0.1) is 5.10 Å². The topological polar surface area (TPSA) is 150 Å². The lowest BCUT2D eigenvalue weighted by atomic mass is 10.0. The Morgan fingerprint density at radius 3 is 2.45 bits per heavy atom. The molecule has 0 aliphatic carbocycles. The number of ether oxygens (including phenoxy) is 2. The molecule has 0 aliphatic rings. The summed E-state index contributed by atoms with van der Waals surface area (Å²) in [6.45, 7) is 7.37. The molecule has 2 aromatic carbocycles. The Kier molecular flexibility index (Phi) is 9.56. The lowest BCUT2D eigenvalue weighted by Gasteiger charge is -2.21. The van der Waals surface area contributed by atoms with Crippen LogP contribution in [0.1, 0.15) is 76.0 Å². The van der Waals surface area contributed by atoms with E-state index in [4.69, 9.17) is 9.47 Å². The Morgan fingerprint density at radius 2 is 1.76 bits per heavy atom. The van der Waals surface area contributed by atoms with Crippen LogP contribution in [-0.2, 0) is 27.3 Å². The lowest BCUT2D eigenvalue weighted by molar-refractivity contribution is -0.141. The fourth-order valence-corrected chi connectivity index (χ4v) is 4.61. The van der Waals surface area contributed by atoms with Crippen LogP contribution in [0.5, 0.6) is 0 Å². The van der Waals surface area contributed by atoms with E-state index in [1.807, 2.05) is 55.5 Å². The molecule has 0 aliphatic heterocycles. The highest BCUT2D eigenvalue weighted by molar-refractivity contribution is 5.92. The molecule has 0 radical (unpaired) electrons. The first-order valence-electron chi connectivity index (χ1n) is 13.9. The number of aromatic nitrogens is 5. The summed E-state index contributed by atoms with van der Waals surface area (Å²) in [4.78, 5) is 38.3. The number of rotatable bonds is 11. The number of amides is 1. The van der Waals surface area contributed by atoms with Gasteiger partial charge in [0.15, 0.2) is 11.9 Å². The van der Waals surface area contributed by atoms with Gasteiger partial charge in [0.2, 0.25) is 0 Å². The molecule has 1 amide bonds. The van der Waals surface area contributed by atoms with Gasteiger partial charge < -0.3 is 19.9 Å². The minimum Gasteiger partial charge on any atom is -0.480 e. The number of carbonyl (C=O) groups is 3. The second-order valence-electron chi connectivity index (χ2n) is 11.0. The van der Waals surface area contributed by atoms with Crippen LogP contribution in [0.3, 0.4) is 0 Å². The second-order valence-corrected chi connectivity index (χ2v) is 11.0. The number of unbranched alkanes of at least 4 members (excludes halogenated alkanes) is 1. The number of hydrogen-bond acceptors (Lipinski definition) is 8. The van der Waals surface area contributed by atoms with Crippen molar-refractivity contribution < 1.29 is 29.0 Å². The van der Waals surface area contributed by atoms with Gasteiger partial charge in [-0.1, -0.05) is 68.3 Å². The minimum atomic E-state index is -1.08. The Labute approximate surface area is 243 Å². The number of carbonyl (C=O) groups excluding carboxylic acids is 2. The summed E-state index contributed by atoms with van der Waals surface area (Å²) >= 11 is 0. The first-order valence-corrected chi connectivity index (χ1v) is 13.9. The van der Waals surface area contributed by atoms with Gasteiger partial charge >= 0.3 is 18.2 Å². The van der Waals surface area contributed by atoms with Crippen LogP contribution in [0.2, 0.25) is 0 Å². The molecular formula is C30H36N6O6. The number of aliphatic carboxylic acids is 1. The van der Waals surface area contributed by atoms with E-state index in [1.165, 1.54) is 9.25 Å². The van der Waals surface area contributed by atoms with Crippen LogP contribution in [0.25, 0.3) is 10.9 Å². The molecule has 42 heavy (non-hydrogen) atoms. The molecule has 2 aromatic heterocycles. The van der Waals surface area contributed by atoms with Gasteiger partial charge in [-0.3, -0.25) is 4.57 Å². The molecule has 4 rings (SSSR count). The highest BCUT2D eigenvalue weighted by Crippen LogP contribution is 2.28. The van der Waals surface area contributed by atoms with Crippen molar-refractivity contribution in [1.29, 1.82) is 0 Å². The summed E-state index contributed by atoms with van der Waals surface area (Å²) in [5, 5.41) is 25.4. The van der Waals surface area contributed by atoms with Crippen LogP contribution in [0, 0.1) is 0 Å². The molecule has 12 heteroatoms. The fraction of sp³-hybridized carbons (Fsp3) is 0.400. The van der Waals surface area contributed by atoms with Gasteiger partial charge in [0.1, 0.15) is 12.2 Å². The smallest absolute Gasteiger partial charge is 0.419 e. The Bertz CT molecular complexity index is 1520. The highest BCUT2D eigenvalue weighted by atomic mass is 16.6. The molecule has 0 bridgehead atoms. The molecule has 1 unspecified atom stereocenters. The van der Waals surface area contributed by atoms with E-state index in [2.05, 4.69) is 20.8 Å². The van der Waals surface area contributed by atoms with Crippen LogP contribution >= 0.6 is 0 Å². The summed E-state index contributed by atoms with van der Waals surface area (Å²) < 4.78 is 13.7. The van der Waals surface area contributed by atoms with Gasteiger partial charge in [0, 0.05) is 18.0 Å². The zero-order valence-corrected chi connectivity index (χ0v) is 24.2. The molecular weight excluding hydrogens is 540 g/mol. The maximum Gasteiger partial charge on any atom is 0.419 e. The van der Waals surface area contributed by atoms with Crippen molar-refractivity contribution in [1.82, 2.24) is 30.1 Å². The second kappa shape index (κ2) is 13.3.